The Morgan fingerprint density at radius 3 is 2.43 bits per heavy atom. The number of esters is 1. The van der Waals surface area contributed by atoms with Crippen molar-refractivity contribution in [3.8, 4) is 11.5 Å². The Morgan fingerprint density at radius 2 is 1.83 bits per heavy atom. The largest absolute Gasteiger partial charge is 0.497 e. The van der Waals surface area contributed by atoms with Gasteiger partial charge in [0.1, 0.15) is 23.8 Å². The average Bonchev–Trinajstić information content (AvgIpc) is 3.44. The van der Waals surface area contributed by atoms with Gasteiger partial charge in [-0.3, -0.25) is 14.3 Å². The number of hydrogen-bond donors (Lipinski definition) is 0. The van der Waals surface area contributed by atoms with Crippen LogP contribution in [0.1, 0.15) is 21.9 Å². The van der Waals surface area contributed by atoms with Crippen LogP contribution in [0.15, 0.2) is 53.2 Å². The molecule has 0 bridgehead atoms. The predicted octanol–water partition coefficient (Wildman–Crippen LogP) is 2.36. The molecule has 0 fully saturated rings. The smallest absolute Gasteiger partial charge is 0.325 e. The number of methoxy groups -OCH3 is 3. The van der Waals surface area contributed by atoms with E-state index >= 15 is 0 Å². The molecule has 0 spiro atoms. The number of hydrogen-bond acceptors (Lipinski definition) is 7. The molecule has 0 aliphatic carbocycles. The van der Waals surface area contributed by atoms with E-state index < -0.39 is 11.9 Å². The van der Waals surface area contributed by atoms with Gasteiger partial charge >= 0.3 is 5.97 Å². The zero-order valence-electron chi connectivity index (χ0n) is 17.0. The molecule has 0 unspecified atom stereocenters. The van der Waals surface area contributed by atoms with Gasteiger partial charge in [-0.15, -0.1) is 0 Å². The first-order chi connectivity index (χ1) is 14.5. The van der Waals surface area contributed by atoms with Gasteiger partial charge in [0.25, 0.3) is 5.91 Å². The van der Waals surface area contributed by atoms with E-state index in [2.05, 4.69) is 5.10 Å². The summed E-state index contributed by atoms with van der Waals surface area (Å²) in [6.07, 6.45) is 3.46. The number of furan rings is 1. The molecule has 9 nitrogen and oxygen atoms in total. The number of nitrogens with zero attached hydrogens (tertiary/aromatic N) is 3. The topological polar surface area (TPSA) is 96.0 Å². The number of carbonyl (C=O) groups excluding carboxylic acids is 2. The molecular formula is C21H23N3O6. The van der Waals surface area contributed by atoms with Crippen molar-refractivity contribution in [3.05, 3.63) is 65.9 Å². The van der Waals surface area contributed by atoms with Gasteiger partial charge in [0.05, 0.1) is 27.9 Å². The Balaban J connectivity index is 1.82. The third-order valence-corrected chi connectivity index (χ3v) is 4.37. The fourth-order valence-corrected chi connectivity index (χ4v) is 2.89. The number of ether oxygens (including phenoxy) is 3. The number of amides is 1. The first-order valence-corrected chi connectivity index (χ1v) is 9.16. The second-order valence-electron chi connectivity index (χ2n) is 6.43. The summed E-state index contributed by atoms with van der Waals surface area (Å²) >= 11 is 0. The summed E-state index contributed by atoms with van der Waals surface area (Å²) in [6.45, 7) is 0.297. The van der Waals surface area contributed by atoms with E-state index in [1.165, 1.54) is 12.0 Å². The molecule has 3 rings (SSSR count). The second-order valence-corrected chi connectivity index (χ2v) is 6.43. The SMILES string of the molecule is COC(=O)CN(Cc1cc(OC)cc(OC)c1)C(=O)c1ccc(Cn2cccn2)o1. The highest BCUT2D eigenvalue weighted by molar-refractivity contribution is 5.93. The maximum absolute atomic E-state index is 13.1. The summed E-state index contributed by atoms with van der Waals surface area (Å²) < 4.78 is 22.7. The van der Waals surface area contributed by atoms with Crippen molar-refractivity contribution in [2.45, 2.75) is 13.1 Å². The Kier molecular flexibility index (Phi) is 6.74. The molecule has 0 aliphatic rings. The zero-order valence-corrected chi connectivity index (χ0v) is 17.0. The van der Waals surface area contributed by atoms with Crippen LogP contribution in [0.3, 0.4) is 0 Å². The fraction of sp³-hybridized carbons (Fsp3) is 0.286. The maximum Gasteiger partial charge on any atom is 0.325 e. The van der Waals surface area contributed by atoms with E-state index in [-0.39, 0.29) is 18.8 Å². The molecule has 0 saturated heterocycles. The zero-order chi connectivity index (χ0) is 21.5. The first-order valence-electron chi connectivity index (χ1n) is 9.16. The van der Waals surface area contributed by atoms with Crippen LogP contribution in [-0.2, 0) is 22.6 Å². The van der Waals surface area contributed by atoms with E-state index in [0.717, 1.165) is 5.56 Å². The van der Waals surface area contributed by atoms with Crippen LogP contribution in [0.4, 0.5) is 0 Å². The van der Waals surface area contributed by atoms with Gasteiger partial charge in [-0.05, 0) is 35.9 Å². The molecule has 0 aliphatic heterocycles. The molecule has 0 saturated carbocycles. The molecule has 0 N–H and O–H groups in total. The molecule has 30 heavy (non-hydrogen) atoms. The number of benzene rings is 1. The van der Waals surface area contributed by atoms with Crippen LogP contribution in [0, 0.1) is 0 Å². The van der Waals surface area contributed by atoms with E-state index in [9.17, 15) is 9.59 Å². The number of aromatic nitrogens is 2. The molecule has 158 valence electrons. The Morgan fingerprint density at radius 1 is 1.10 bits per heavy atom. The second kappa shape index (κ2) is 9.64. The lowest BCUT2D eigenvalue weighted by atomic mass is 10.1. The van der Waals surface area contributed by atoms with Crippen LogP contribution in [0.2, 0.25) is 0 Å². The van der Waals surface area contributed by atoms with Gasteiger partial charge in [-0.2, -0.15) is 5.10 Å². The summed E-state index contributed by atoms with van der Waals surface area (Å²) in [6, 6.07) is 10.4. The van der Waals surface area contributed by atoms with E-state index in [0.29, 0.717) is 23.8 Å². The highest BCUT2D eigenvalue weighted by Gasteiger charge is 2.23. The fourth-order valence-electron chi connectivity index (χ4n) is 2.89. The van der Waals surface area contributed by atoms with Crippen molar-refractivity contribution in [2.75, 3.05) is 27.9 Å². The van der Waals surface area contributed by atoms with Crippen LogP contribution < -0.4 is 9.47 Å². The Labute approximate surface area is 173 Å². The van der Waals surface area contributed by atoms with Gasteiger partial charge in [-0.25, -0.2) is 0 Å². The summed E-state index contributed by atoms with van der Waals surface area (Å²) in [5.41, 5.74) is 0.728. The molecule has 2 heterocycles. The molecular weight excluding hydrogens is 390 g/mol. The minimum Gasteiger partial charge on any atom is -0.497 e. The van der Waals surface area contributed by atoms with Gasteiger partial charge in [-0.1, -0.05) is 0 Å². The summed E-state index contributed by atoms with van der Waals surface area (Å²) in [5.74, 6) is 0.873. The Hall–Kier alpha value is -3.75. The number of rotatable bonds is 9. The minimum atomic E-state index is -0.540. The minimum absolute atomic E-state index is 0.121. The molecule has 2 aromatic heterocycles. The van der Waals surface area contributed by atoms with E-state index in [1.54, 1.807) is 67.7 Å². The van der Waals surface area contributed by atoms with Crippen molar-refractivity contribution in [2.24, 2.45) is 0 Å². The maximum atomic E-state index is 13.1. The highest BCUT2D eigenvalue weighted by atomic mass is 16.5. The van der Waals surface area contributed by atoms with Crippen LogP contribution in [-0.4, -0.2) is 54.4 Å². The standard InChI is InChI=1S/C21H23N3O6/c1-27-17-9-15(10-18(11-17)28-2)12-23(14-20(25)29-3)21(26)19-6-5-16(30-19)13-24-8-4-7-22-24/h4-11H,12-14H2,1-3H3. The van der Waals surface area contributed by atoms with Gasteiger partial charge in [0.2, 0.25) is 0 Å². The molecule has 3 aromatic rings. The van der Waals surface area contributed by atoms with E-state index in [1.807, 2.05) is 0 Å². The van der Waals surface area contributed by atoms with Gasteiger partial charge < -0.3 is 23.5 Å². The summed E-state index contributed by atoms with van der Waals surface area (Å²) in [4.78, 5) is 26.3. The third kappa shape index (κ3) is 5.19. The van der Waals surface area contributed by atoms with Crippen molar-refractivity contribution >= 4 is 11.9 Å². The first kappa shape index (κ1) is 21.0. The number of carbonyl (C=O) groups is 2. The van der Waals surface area contributed by atoms with Crippen molar-refractivity contribution in [1.82, 2.24) is 14.7 Å². The van der Waals surface area contributed by atoms with Crippen LogP contribution >= 0.6 is 0 Å². The molecule has 0 radical (unpaired) electrons. The van der Waals surface area contributed by atoms with E-state index in [4.69, 9.17) is 18.6 Å². The van der Waals surface area contributed by atoms with Crippen molar-refractivity contribution < 1.29 is 28.2 Å². The summed E-state index contributed by atoms with van der Waals surface area (Å²) in [7, 11) is 4.36. The Bertz CT molecular complexity index is 974. The lowest BCUT2D eigenvalue weighted by Crippen LogP contribution is -2.35. The van der Waals surface area contributed by atoms with Gasteiger partial charge in [0.15, 0.2) is 5.76 Å². The monoisotopic (exact) mass is 413 g/mol. The third-order valence-electron chi connectivity index (χ3n) is 4.37. The van der Waals surface area contributed by atoms with Gasteiger partial charge in [0, 0.05) is 25.0 Å². The lowest BCUT2D eigenvalue weighted by Gasteiger charge is -2.21. The quantitative estimate of drug-likeness (QED) is 0.497. The van der Waals surface area contributed by atoms with Crippen LogP contribution in [0.25, 0.3) is 0 Å². The molecule has 1 aromatic carbocycles. The van der Waals surface area contributed by atoms with Crippen molar-refractivity contribution in [1.29, 1.82) is 0 Å². The predicted molar refractivity (Wildman–Crippen MR) is 106 cm³/mol. The highest BCUT2D eigenvalue weighted by Crippen LogP contribution is 2.24. The average molecular weight is 413 g/mol. The lowest BCUT2D eigenvalue weighted by molar-refractivity contribution is -0.141. The molecule has 9 heteroatoms. The summed E-state index contributed by atoms with van der Waals surface area (Å²) in [5, 5.41) is 4.12. The van der Waals surface area contributed by atoms with Crippen LogP contribution in [0.5, 0.6) is 11.5 Å². The molecule has 1 amide bonds. The molecule has 0 atom stereocenters. The van der Waals surface area contributed by atoms with Crippen molar-refractivity contribution in [3.63, 3.8) is 0 Å². The normalized spacial score (nSPS) is 10.5.